The van der Waals surface area contributed by atoms with Crippen LogP contribution in [0.15, 0.2) is 30.3 Å². The van der Waals surface area contributed by atoms with Gasteiger partial charge in [-0.15, -0.1) is 0 Å². The number of anilines is 2. The predicted molar refractivity (Wildman–Crippen MR) is 92.2 cm³/mol. The molecule has 0 radical (unpaired) electrons. The summed E-state index contributed by atoms with van der Waals surface area (Å²) in [5, 5.41) is 2.86. The molecule has 1 amide bonds. The average Bonchev–Trinajstić information content (AvgIpc) is 2.52. The summed E-state index contributed by atoms with van der Waals surface area (Å²) >= 11 is 0. The van der Waals surface area contributed by atoms with Crippen LogP contribution in [0.5, 0.6) is 11.5 Å². The van der Waals surface area contributed by atoms with Crippen LogP contribution in [-0.4, -0.2) is 20.1 Å². The number of carbonyl (C=O) groups excluding carboxylic acids is 1. The van der Waals surface area contributed by atoms with E-state index in [1.54, 1.807) is 20.3 Å². The van der Waals surface area contributed by atoms with Crippen molar-refractivity contribution in [3.05, 3.63) is 47.0 Å². The lowest BCUT2D eigenvalue weighted by molar-refractivity contribution is -0.115. The first kappa shape index (κ1) is 16.7. The van der Waals surface area contributed by atoms with Gasteiger partial charge in [0.25, 0.3) is 0 Å². The average molecular weight is 314 g/mol. The zero-order valence-corrected chi connectivity index (χ0v) is 13.9. The number of nitrogen functional groups attached to an aromatic ring is 1. The summed E-state index contributed by atoms with van der Waals surface area (Å²) in [6, 6.07) is 9.24. The minimum atomic E-state index is -0.127. The molecule has 0 bridgehead atoms. The Hall–Kier alpha value is -2.69. The molecule has 0 unspecified atom stereocenters. The Morgan fingerprint density at radius 1 is 1.09 bits per heavy atom. The normalized spacial score (nSPS) is 10.3. The molecule has 2 aromatic rings. The quantitative estimate of drug-likeness (QED) is 0.832. The Kier molecular flexibility index (Phi) is 5.11. The fourth-order valence-corrected chi connectivity index (χ4v) is 2.36. The standard InChI is InChI=1S/C18H22N2O3/c1-11-5-6-14(19)15(7-11)20-18(21)10-13-9-17(23-4)16(22-3)8-12(13)2/h5-9H,10,19H2,1-4H3,(H,20,21). The van der Waals surface area contributed by atoms with Crippen LogP contribution in [0.1, 0.15) is 16.7 Å². The van der Waals surface area contributed by atoms with Gasteiger partial charge in [0.15, 0.2) is 11.5 Å². The first-order valence-corrected chi connectivity index (χ1v) is 7.32. The van der Waals surface area contributed by atoms with E-state index in [0.717, 1.165) is 16.7 Å². The van der Waals surface area contributed by atoms with Crippen molar-refractivity contribution < 1.29 is 14.3 Å². The van der Waals surface area contributed by atoms with E-state index in [0.29, 0.717) is 22.9 Å². The highest BCUT2D eigenvalue weighted by atomic mass is 16.5. The zero-order chi connectivity index (χ0) is 17.0. The van der Waals surface area contributed by atoms with Crippen LogP contribution in [0.3, 0.4) is 0 Å². The van der Waals surface area contributed by atoms with E-state index in [9.17, 15) is 4.79 Å². The Labute approximate surface area is 136 Å². The summed E-state index contributed by atoms with van der Waals surface area (Å²) in [5.74, 6) is 1.13. The Bertz CT molecular complexity index is 726. The van der Waals surface area contributed by atoms with Crippen LogP contribution < -0.4 is 20.5 Å². The van der Waals surface area contributed by atoms with E-state index >= 15 is 0 Å². The lowest BCUT2D eigenvalue weighted by Crippen LogP contribution is -2.16. The number of carbonyl (C=O) groups is 1. The number of rotatable bonds is 5. The molecule has 0 spiro atoms. The highest BCUT2D eigenvalue weighted by Gasteiger charge is 2.13. The molecule has 0 aromatic heterocycles. The van der Waals surface area contributed by atoms with Gasteiger partial charge in [-0.2, -0.15) is 0 Å². The lowest BCUT2D eigenvalue weighted by Gasteiger charge is -2.13. The summed E-state index contributed by atoms with van der Waals surface area (Å²) in [4.78, 5) is 12.3. The minimum absolute atomic E-state index is 0.127. The number of benzene rings is 2. The molecule has 2 aromatic carbocycles. The first-order valence-electron chi connectivity index (χ1n) is 7.32. The van der Waals surface area contributed by atoms with Crippen LogP contribution >= 0.6 is 0 Å². The van der Waals surface area contributed by atoms with Crippen LogP contribution in [0.2, 0.25) is 0 Å². The SMILES string of the molecule is COc1cc(C)c(CC(=O)Nc2cc(C)ccc2N)cc1OC. The number of hydrogen-bond donors (Lipinski definition) is 2. The van der Waals surface area contributed by atoms with Crippen LogP contribution in [0.4, 0.5) is 11.4 Å². The molecule has 0 aliphatic rings. The van der Waals surface area contributed by atoms with Gasteiger partial charge in [0.05, 0.1) is 32.0 Å². The van der Waals surface area contributed by atoms with Crippen molar-refractivity contribution in [1.29, 1.82) is 0 Å². The molecule has 0 aliphatic carbocycles. The maximum absolute atomic E-state index is 12.3. The molecule has 5 nitrogen and oxygen atoms in total. The highest BCUT2D eigenvalue weighted by molar-refractivity contribution is 5.95. The molecule has 0 saturated carbocycles. The Morgan fingerprint density at radius 2 is 1.74 bits per heavy atom. The van der Waals surface area contributed by atoms with Crippen molar-refractivity contribution in [3.8, 4) is 11.5 Å². The van der Waals surface area contributed by atoms with Crippen molar-refractivity contribution in [3.63, 3.8) is 0 Å². The fourth-order valence-electron chi connectivity index (χ4n) is 2.36. The molecule has 2 rings (SSSR count). The van der Waals surface area contributed by atoms with Crippen molar-refractivity contribution in [2.45, 2.75) is 20.3 Å². The third-order valence-electron chi connectivity index (χ3n) is 3.68. The van der Waals surface area contributed by atoms with Gasteiger partial charge < -0.3 is 20.5 Å². The lowest BCUT2D eigenvalue weighted by atomic mass is 10.0. The second kappa shape index (κ2) is 7.05. The number of aryl methyl sites for hydroxylation is 2. The van der Waals surface area contributed by atoms with Gasteiger partial charge in [0.2, 0.25) is 5.91 Å². The van der Waals surface area contributed by atoms with Crippen LogP contribution in [-0.2, 0) is 11.2 Å². The maximum atomic E-state index is 12.3. The summed E-state index contributed by atoms with van der Waals surface area (Å²) in [5.41, 5.74) is 9.96. The second-order valence-corrected chi connectivity index (χ2v) is 5.45. The molecule has 0 aliphatic heterocycles. The predicted octanol–water partition coefficient (Wildman–Crippen LogP) is 3.08. The van der Waals surface area contributed by atoms with E-state index < -0.39 is 0 Å². The molecule has 5 heteroatoms. The minimum Gasteiger partial charge on any atom is -0.493 e. The largest absolute Gasteiger partial charge is 0.493 e. The van der Waals surface area contributed by atoms with Crippen molar-refractivity contribution in [2.75, 3.05) is 25.3 Å². The highest BCUT2D eigenvalue weighted by Crippen LogP contribution is 2.30. The Morgan fingerprint density at radius 3 is 2.39 bits per heavy atom. The monoisotopic (exact) mass is 314 g/mol. The van der Waals surface area contributed by atoms with Crippen LogP contribution in [0, 0.1) is 13.8 Å². The van der Waals surface area contributed by atoms with E-state index in [-0.39, 0.29) is 12.3 Å². The van der Waals surface area contributed by atoms with Gasteiger partial charge >= 0.3 is 0 Å². The number of amides is 1. The van der Waals surface area contributed by atoms with Gasteiger partial charge in [-0.05, 0) is 54.8 Å². The maximum Gasteiger partial charge on any atom is 0.228 e. The molecule has 0 fully saturated rings. The molecule has 0 heterocycles. The third-order valence-corrected chi connectivity index (χ3v) is 3.68. The molecule has 122 valence electrons. The van der Waals surface area contributed by atoms with Gasteiger partial charge in [-0.1, -0.05) is 6.07 Å². The molecular formula is C18H22N2O3. The molecule has 23 heavy (non-hydrogen) atoms. The van der Waals surface area contributed by atoms with Gasteiger partial charge in [0.1, 0.15) is 0 Å². The second-order valence-electron chi connectivity index (χ2n) is 5.45. The number of nitrogens with one attached hydrogen (secondary N) is 1. The van der Waals surface area contributed by atoms with Crippen molar-refractivity contribution >= 4 is 17.3 Å². The first-order chi connectivity index (χ1) is 10.9. The third kappa shape index (κ3) is 3.94. The van der Waals surface area contributed by atoms with Crippen molar-refractivity contribution in [1.82, 2.24) is 0 Å². The topological polar surface area (TPSA) is 73.6 Å². The van der Waals surface area contributed by atoms with Crippen molar-refractivity contribution in [2.24, 2.45) is 0 Å². The van der Waals surface area contributed by atoms with Crippen LogP contribution in [0.25, 0.3) is 0 Å². The van der Waals surface area contributed by atoms with Gasteiger partial charge in [-0.25, -0.2) is 0 Å². The molecule has 0 atom stereocenters. The number of hydrogen-bond acceptors (Lipinski definition) is 4. The smallest absolute Gasteiger partial charge is 0.228 e. The van der Waals surface area contributed by atoms with E-state index in [2.05, 4.69) is 5.32 Å². The van der Waals surface area contributed by atoms with E-state index in [1.165, 1.54) is 0 Å². The van der Waals surface area contributed by atoms with Gasteiger partial charge in [-0.3, -0.25) is 4.79 Å². The summed E-state index contributed by atoms with van der Waals surface area (Å²) < 4.78 is 10.5. The zero-order valence-electron chi connectivity index (χ0n) is 13.9. The number of methoxy groups -OCH3 is 2. The Balaban J connectivity index is 2.18. The summed E-state index contributed by atoms with van der Waals surface area (Å²) in [6.07, 6.45) is 0.236. The number of nitrogens with two attached hydrogens (primary N) is 1. The molecular weight excluding hydrogens is 292 g/mol. The fraction of sp³-hybridized carbons (Fsp3) is 0.278. The number of ether oxygens (including phenoxy) is 2. The van der Waals surface area contributed by atoms with E-state index in [1.807, 2.05) is 38.1 Å². The van der Waals surface area contributed by atoms with E-state index in [4.69, 9.17) is 15.2 Å². The van der Waals surface area contributed by atoms with Gasteiger partial charge in [0, 0.05) is 0 Å². The molecule has 3 N–H and O–H groups in total. The summed E-state index contributed by atoms with van der Waals surface area (Å²) in [6.45, 7) is 3.89. The molecule has 0 saturated heterocycles. The summed E-state index contributed by atoms with van der Waals surface area (Å²) in [7, 11) is 3.16.